The summed E-state index contributed by atoms with van der Waals surface area (Å²) in [5, 5.41) is 9.46. The molecule has 10 rings (SSSR count). The number of rotatable bonds is 2. The highest BCUT2D eigenvalue weighted by Gasteiger charge is 2.20. The van der Waals surface area contributed by atoms with Crippen molar-refractivity contribution in [3.8, 4) is 11.4 Å². The summed E-state index contributed by atoms with van der Waals surface area (Å²) >= 11 is 0. The van der Waals surface area contributed by atoms with Crippen LogP contribution in [-0.2, 0) is 0 Å². The second-order valence-corrected chi connectivity index (χ2v) is 11.5. The lowest BCUT2D eigenvalue weighted by Gasteiger charge is -2.13. The zero-order valence-corrected chi connectivity index (χ0v) is 23.6. The van der Waals surface area contributed by atoms with Gasteiger partial charge in [0.25, 0.3) is 0 Å². The minimum Gasteiger partial charge on any atom is -0.309 e. The Morgan fingerprint density at radius 1 is 0.318 bits per heavy atom. The standard InChI is InChI=1S/C40H24N4/c1-3-11-25(12-4-1)43-35-17-9-7-15-27(35)31-21-33-29(23-37(31)43)30-24-38-32(22-34(30)40-39(33)41-19-20-42-40)28-16-8-10-18-36(28)44(38)26-13-5-2-6-14-26/h1-24H. The van der Waals surface area contributed by atoms with E-state index in [1.807, 2.05) is 12.4 Å². The average molecular weight is 561 g/mol. The molecule has 0 spiro atoms. The maximum absolute atomic E-state index is 4.93. The Hall–Kier alpha value is -6.00. The minimum atomic E-state index is 0.930. The molecule has 0 aliphatic carbocycles. The average Bonchev–Trinajstić information content (AvgIpc) is 3.59. The smallest absolute Gasteiger partial charge is 0.0971 e. The van der Waals surface area contributed by atoms with Gasteiger partial charge in [-0.25, -0.2) is 0 Å². The molecule has 4 nitrogen and oxygen atoms in total. The summed E-state index contributed by atoms with van der Waals surface area (Å²) < 4.78 is 4.77. The van der Waals surface area contributed by atoms with Crippen LogP contribution in [-0.4, -0.2) is 19.1 Å². The molecule has 3 heterocycles. The van der Waals surface area contributed by atoms with Crippen LogP contribution in [0.5, 0.6) is 0 Å². The zero-order chi connectivity index (χ0) is 28.8. The van der Waals surface area contributed by atoms with E-state index in [2.05, 4.69) is 143 Å². The van der Waals surface area contributed by atoms with E-state index in [4.69, 9.17) is 9.97 Å². The van der Waals surface area contributed by atoms with Crippen LogP contribution in [0.15, 0.2) is 146 Å². The van der Waals surface area contributed by atoms with Crippen molar-refractivity contribution in [2.45, 2.75) is 0 Å². The molecule has 0 atom stereocenters. The molecule has 0 unspecified atom stereocenters. The molecule has 0 aliphatic heterocycles. The molecule has 4 heteroatoms. The van der Waals surface area contributed by atoms with Crippen molar-refractivity contribution in [2.75, 3.05) is 0 Å². The molecule has 7 aromatic carbocycles. The normalized spacial score (nSPS) is 12.1. The molecule has 0 fully saturated rings. The summed E-state index contributed by atoms with van der Waals surface area (Å²) in [4.78, 5) is 9.86. The van der Waals surface area contributed by atoms with Crippen LogP contribution in [0.2, 0.25) is 0 Å². The molecule has 44 heavy (non-hydrogen) atoms. The van der Waals surface area contributed by atoms with E-state index in [9.17, 15) is 0 Å². The number of nitrogens with zero attached hydrogens (tertiary/aromatic N) is 4. The van der Waals surface area contributed by atoms with Gasteiger partial charge >= 0.3 is 0 Å². The molecule has 0 bridgehead atoms. The molecule has 0 saturated carbocycles. The topological polar surface area (TPSA) is 35.6 Å². The van der Waals surface area contributed by atoms with Crippen LogP contribution in [0, 0.1) is 0 Å². The Labute approximate surface area is 252 Å². The van der Waals surface area contributed by atoms with Gasteiger partial charge in [-0.2, -0.15) is 0 Å². The fourth-order valence-electron chi connectivity index (χ4n) is 7.31. The van der Waals surface area contributed by atoms with E-state index in [1.165, 1.54) is 54.4 Å². The fraction of sp³-hybridized carbons (Fsp3) is 0. The maximum atomic E-state index is 4.93. The SMILES string of the molecule is c1ccc(-n2c3ccccc3c3cc4c(cc32)c2cc3c(cc2c2nccnc42)c2ccccc2n3-c2ccccc2)cc1. The monoisotopic (exact) mass is 560 g/mol. The Balaban J connectivity index is 1.44. The van der Waals surface area contributed by atoms with Gasteiger partial charge in [0.05, 0.1) is 33.1 Å². The van der Waals surface area contributed by atoms with Gasteiger partial charge in [-0.05, 0) is 71.4 Å². The Kier molecular flexibility index (Phi) is 4.69. The molecule has 0 amide bonds. The van der Waals surface area contributed by atoms with E-state index in [0.29, 0.717) is 0 Å². The third kappa shape index (κ3) is 3.11. The summed E-state index contributed by atoms with van der Waals surface area (Å²) in [5.41, 5.74) is 8.89. The van der Waals surface area contributed by atoms with Gasteiger partial charge < -0.3 is 9.13 Å². The fourth-order valence-corrected chi connectivity index (χ4v) is 7.31. The highest BCUT2D eigenvalue weighted by Crippen LogP contribution is 2.42. The van der Waals surface area contributed by atoms with Gasteiger partial charge in [0.2, 0.25) is 0 Å². The summed E-state index contributed by atoms with van der Waals surface area (Å²) in [7, 11) is 0. The Bertz CT molecular complexity index is 2560. The van der Waals surface area contributed by atoms with Crippen LogP contribution >= 0.6 is 0 Å². The highest BCUT2D eigenvalue weighted by atomic mass is 15.0. The second-order valence-electron chi connectivity index (χ2n) is 11.5. The Morgan fingerprint density at radius 3 is 1.18 bits per heavy atom. The van der Waals surface area contributed by atoms with Crippen LogP contribution in [0.1, 0.15) is 0 Å². The van der Waals surface area contributed by atoms with Gasteiger partial charge in [-0.1, -0.05) is 72.8 Å². The van der Waals surface area contributed by atoms with Crippen molar-refractivity contribution in [1.29, 1.82) is 0 Å². The van der Waals surface area contributed by atoms with Gasteiger partial charge in [0.15, 0.2) is 0 Å². The van der Waals surface area contributed by atoms with Crippen molar-refractivity contribution in [3.63, 3.8) is 0 Å². The number of hydrogen-bond acceptors (Lipinski definition) is 2. The first-order chi connectivity index (χ1) is 21.8. The van der Waals surface area contributed by atoms with Gasteiger partial charge in [0, 0.05) is 56.1 Å². The van der Waals surface area contributed by atoms with Crippen molar-refractivity contribution >= 4 is 76.2 Å². The highest BCUT2D eigenvalue weighted by molar-refractivity contribution is 6.29. The van der Waals surface area contributed by atoms with E-state index in [1.54, 1.807) is 0 Å². The maximum Gasteiger partial charge on any atom is 0.0971 e. The van der Waals surface area contributed by atoms with E-state index in [0.717, 1.165) is 33.2 Å². The Morgan fingerprint density at radius 2 is 0.727 bits per heavy atom. The first kappa shape index (κ1) is 23.6. The zero-order valence-electron chi connectivity index (χ0n) is 23.6. The predicted octanol–water partition coefficient (Wildman–Crippen LogP) is 10.1. The number of hydrogen-bond donors (Lipinski definition) is 0. The molecule has 204 valence electrons. The lowest BCUT2D eigenvalue weighted by atomic mass is 9.96. The summed E-state index contributed by atoms with van der Waals surface area (Å²) in [6.45, 7) is 0. The van der Waals surface area contributed by atoms with Gasteiger partial charge in [0.1, 0.15) is 0 Å². The predicted molar refractivity (Wildman–Crippen MR) is 183 cm³/mol. The van der Waals surface area contributed by atoms with E-state index < -0.39 is 0 Å². The molecule has 10 aromatic rings. The molecule has 0 N–H and O–H groups in total. The van der Waals surface area contributed by atoms with Crippen LogP contribution in [0.4, 0.5) is 0 Å². The number of para-hydroxylation sites is 4. The van der Waals surface area contributed by atoms with Crippen LogP contribution < -0.4 is 0 Å². The van der Waals surface area contributed by atoms with Gasteiger partial charge in [-0.3, -0.25) is 9.97 Å². The summed E-state index contributed by atoms with van der Waals surface area (Å²) in [5.74, 6) is 0. The quantitative estimate of drug-likeness (QED) is 0.197. The molecular formula is C40H24N4. The third-order valence-electron chi connectivity index (χ3n) is 9.15. The summed E-state index contributed by atoms with van der Waals surface area (Å²) in [6.07, 6.45) is 3.62. The molecule has 0 aliphatic rings. The summed E-state index contributed by atoms with van der Waals surface area (Å²) in [6, 6.07) is 48.1. The lowest BCUT2D eigenvalue weighted by molar-refractivity contribution is 1.18. The van der Waals surface area contributed by atoms with Crippen molar-refractivity contribution in [1.82, 2.24) is 19.1 Å². The van der Waals surface area contributed by atoms with Crippen molar-refractivity contribution in [2.24, 2.45) is 0 Å². The molecule has 0 saturated heterocycles. The van der Waals surface area contributed by atoms with Crippen molar-refractivity contribution < 1.29 is 0 Å². The molecule has 0 radical (unpaired) electrons. The van der Waals surface area contributed by atoms with Crippen LogP contribution in [0.3, 0.4) is 0 Å². The first-order valence-electron chi connectivity index (χ1n) is 14.9. The largest absolute Gasteiger partial charge is 0.309 e. The number of fused-ring (bicyclic) bond motifs is 12. The number of aromatic nitrogens is 4. The van der Waals surface area contributed by atoms with Crippen LogP contribution in [0.25, 0.3) is 87.6 Å². The van der Waals surface area contributed by atoms with E-state index in [-0.39, 0.29) is 0 Å². The number of benzene rings is 7. The second kappa shape index (κ2) is 8.76. The minimum absolute atomic E-state index is 0.930. The van der Waals surface area contributed by atoms with Crippen molar-refractivity contribution in [3.05, 3.63) is 146 Å². The third-order valence-corrected chi connectivity index (χ3v) is 9.15. The molecule has 3 aromatic heterocycles. The first-order valence-corrected chi connectivity index (χ1v) is 14.9. The van der Waals surface area contributed by atoms with Gasteiger partial charge in [-0.15, -0.1) is 0 Å². The molecular weight excluding hydrogens is 536 g/mol. The lowest BCUT2D eigenvalue weighted by Crippen LogP contribution is -1.95. The van der Waals surface area contributed by atoms with E-state index >= 15 is 0 Å².